The zero-order chi connectivity index (χ0) is 14.1. The minimum atomic E-state index is -0.418. The number of rotatable bonds is 5. The Morgan fingerprint density at radius 2 is 2.40 bits per heavy atom. The third kappa shape index (κ3) is 2.23. The van der Waals surface area contributed by atoms with E-state index in [1.807, 2.05) is 17.7 Å². The normalized spacial score (nSPS) is 12.7. The summed E-state index contributed by atoms with van der Waals surface area (Å²) < 4.78 is 3.39. The molecule has 0 unspecified atom stereocenters. The van der Waals surface area contributed by atoms with Crippen molar-refractivity contribution in [1.29, 1.82) is 0 Å². The molecular weight excluding hydrogens is 280 g/mol. The fraction of sp³-hybridized carbons (Fsp3) is 0.273. The van der Waals surface area contributed by atoms with Crippen LogP contribution in [0.1, 0.15) is 6.92 Å². The average molecular weight is 292 g/mol. The monoisotopic (exact) mass is 292 g/mol. The molecule has 0 aliphatic carbocycles. The molecule has 0 saturated heterocycles. The molecule has 3 rings (SSSR count). The van der Waals surface area contributed by atoms with Crippen LogP contribution >= 0.6 is 11.3 Å². The molecule has 0 amide bonds. The highest BCUT2D eigenvalue weighted by molar-refractivity contribution is 7.15. The molecule has 0 bridgehead atoms. The van der Waals surface area contributed by atoms with E-state index in [0.717, 1.165) is 0 Å². The van der Waals surface area contributed by atoms with E-state index in [4.69, 9.17) is 0 Å². The molecule has 1 N–H and O–H groups in total. The molecule has 0 radical (unpaired) electrons. The van der Waals surface area contributed by atoms with Crippen LogP contribution in [0.15, 0.2) is 30.3 Å². The Morgan fingerprint density at radius 1 is 1.55 bits per heavy atom. The lowest BCUT2D eigenvalue weighted by Gasteiger charge is -2.13. The SMILES string of the molecule is C[C@@H](Cn1ccnc1)Nc1nc2sccn2c1[N+](=O)[O-]. The predicted molar refractivity (Wildman–Crippen MR) is 75.0 cm³/mol. The Hall–Kier alpha value is -2.42. The lowest BCUT2D eigenvalue weighted by atomic mass is 10.3. The highest BCUT2D eigenvalue weighted by Gasteiger charge is 2.24. The second kappa shape index (κ2) is 4.93. The number of thiazole rings is 1. The number of nitrogens with zero attached hydrogens (tertiary/aromatic N) is 5. The summed E-state index contributed by atoms with van der Waals surface area (Å²) in [5, 5.41) is 16.0. The third-order valence-corrected chi connectivity index (χ3v) is 3.59. The van der Waals surface area contributed by atoms with Gasteiger partial charge >= 0.3 is 5.82 Å². The molecule has 0 saturated carbocycles. The van der Waals surface area contributed by atoms with Crippen LogP contribution in [0.3, 0.4) is 0 Å². The van der Waals surface area contributed by atoms with Gasteiger partial charge in [-0.3, -0.25) is 0 Å². The summed E-state index contributed by atoms with van der Waals surface area (Å²) in [6, 6.07) is -0.00694. The molecule has 0 fully saturated rings. The van der Waals surface area contributed by atoms with E-state index in [1.165, 1.54) is 15.7 Å². The smallest absolute Gasteiger partial charge is 0.359 e. The molecule has 1 atom stereocenters. The van der Waals surface area contributed by atoms with Gasteiger partial charge < -0.3 is 20.0 Å². The molecule has 8 nitrogen and oxygen atoms in total. The minimum Gasteiger partial charge on any atom is -0.359 e. The molecule has 3 aromatic rings. The Bertz CT molecular complexity index is 731. The van der Waals surface area contributed by atoms with Gasteiger partial charge in [0.1, 0.15) is 6.20 Å². The summed E-state index contributed by atoms with van der Waals surface area (Å²) in [7, 11) is 0. The van der Waals surface area contributed by atoms with Gasteiger partial charge in [0.05, 0.1) is 6.33 Å². The zero-order valence-corrected chi connectivity index (χ0v) is 11.4. The maximum absolute atomic E-state index is 11.2. The van der Waals surface area contributed by atoms with Gasteiger partial charge in [-0.1, -0.05) is 11.3 Å². The number of imidazole rings is 2. The van der Waals surface area contributed by atoms with Crippen LogP contribution in [0.4, 0.5) is 11.6 Å². The Labute approximate surface area is 117 Å². The van der Waals surface area contributed by atoms with Crippen molar-refractivity contribution in [1.82, 2.24) is 18.9 Å². The molecule has 104 valence electrons. The van der Waals surface area contributed by atoms with E-state index >= 15 is 0 Å². The van der Waals surface area contributed by atoms with Crippen molar-refractivity contribution < 1.29 is 4.92 Å². The molecule has 3 heterocycles. The molecular formula is C11H12N6O2S. The summed E-state index contributed by atoms with van der Waals surface area (Å²) in [4.78, 5) is 19.6. The second-order valence-corrected chi connectivity index (χ2v) is 5.27. The molecule has 0 aromatic carbocycles. The molecule has 20 heavy (non-hydrogen) atoms. The van der Waals surface area contributed by atoms with Crippen LogP contribution in [0.2, 0.25) is 0 Å². The van der Waals surface area contributed by atoms with Crippen LogP contribution in [0, 0.1) is 10.1 Å². The van der Waals surface area contributed by atoms with E-state index in [1.54, 1.807) is 24.1 Å². The van der Waals surface area contributed by atoms with Crippen molar-refractivity contribution in [2.45, 2.75) is 19.5 Å². The van der Waals surface area contributed by atoms with E-state index in [9.17, 15) is 10.1 Å². The van der Waals surface area contributed by atoms with Crippen LogP contribution in [0.5, 0.6) is 0 Å². The maximum Gasteiger partial charge on any atom is 0.372 e. The van der Waals surface area contributed by atoms with Crippen LogP contribution in [-0.4, -0.2) is 29.9 Å². The molecule has 0 aliphatic heterocycles. The summed E-state index contributed by atoms with van der Waals surface area (Å²) in [6.45, 7) is 2.60. The zero-order valence-electron chi connectivity index (χ0n) is 10.6. The topological polar surface area (TPSA) is 90.3 Å². The van der Waals surface area contributed by atoms with Crippen LogP contribution in [0.25, 0.3) is 4.96 Å². The molecule has 0 spiro atoms. The van der Waals surface area contributed by atoms with Crippen molar-refractivity contribution in [3.8, 4) is 0 Å². The number of fused-ring (bicyclic) bond motifs is 1. The van der Waals surface area contributed by atoms with Gasteiger partial charge in [0, 0.05) is 30.4 Å². The van der Waals surface area contributed by atoms with Crippen LogP contribution < -0.4 is 5.32 Å². The molecule has 9 heteroatoms. The third-order valence-electron chi connectivity index (χ3n) is 2.84. The van der Waals surface area contributed by atoms with Gasteiger partial charge in [0.2, 0.25) is 5.82 Å². The summed E-state index contributed by atoms with van der Waals surface area (Å²) in [5.74, 6) is 0.271. The standard InChI is InChI=1S/C11H12N6O2S/c1-8(6-15-3-2-12-7-15)13-9-10(17(18)19)16-4-5-20-11(16)14-9/h2-5,7-8,13H,6H2,1H3/t8-/m0/s1. The first-order valence-electron chi connectivity index (χ1n) is 5.97. The lowest BCUT2D eigenvalue weighted by molar-refractivity contribution is -0.389. The quantitative estimate of drug-likeness (QED) is 0.573. The van der Waals surface area contributed by atoms with Crippen molar-refractivity contribution >= 4 is 27.9 Å². The first kappa shape index (κ1) is 12.6. The Kier molecular flexibility index (Phi) is 3.11. The first-order valence-corrected chi connectivity index (χ1v) is 6.85. The number of nitrogens with one attached hydrogen (secondary N) is 1. The minimum absolute atomic E-state index is 0.00694. The fourth-order valence-electron chi connectivity index (χ4n) is 2.04. The van der Waals surface area contributed by atoms with E-state index in [-0.39, 0.29) is 11.9 Å². The molecule has 0 aliphatic rings. The summed E-state index contributed by atoms with van der Waals surface area (Å²) in [6.07, 6.45) is 6.90. The number of hydrogen-bond acceptors (Lipinski definition) is 6. The lowest BCUT2D eigenvalue weighted by Crippen LogP contribution is -2.22. The van der Waals surface area contributed by atoms with Gasteiger partial charge in [-0.15, -0.1) is 0 Å². The number of anilines is 1. The van der Waals surface area contributed by atoms with Crippen molar-refractivity contribution in [2.75, 3.05) is 5.32 Å². The van der Waals surface area contributed by atoms with Gasteiger partial charge in [-0.05, 0) is 11.8 Å². The van der Waals surface area contributed by atoms with Gasteiger partial charge in [-0.25, -0.2) is 4.98 Å². The Morgan fingerprint density at radius 3 is 3.10 bits per heavy atom. The highest BCUT2D eigenvalue weighted by Crippen LogP contribution is 2.28. The van der Waals surface area contributed by atoms with Crippen molar-refractivity contribution in [2.24, 2.45) is 0 Å². The van der Waals surface area contributed by atoms with E-state index < -0.39 is 4.92 Å². The van der Waals surface area contributed by atoms with Gasteiger partial charge in [0.15, 0.2) is 0 Å². The summed E-state index contributed by atoms with van der Waals surface area (Å²) >= 11 is 1.36. The summed E-state index contributed by atoms with van der Waals surface area (Å²) in [5.41, 5.74) is 0. The van der Waals surface area contributed by atoms with Gasteiger partial charge in [0.25, 0.3) is 4.96 Å². The average Bonchev–Trinajstić information content (AvgIpc) is 3.04. The van der Waals surface area contributed by atoms with E-state index in [2.05, 4.69) is 15.3 Å². The van der Waals surface area contributed by atoms with Crippen LogP contribution in [-0.2, 0) is 6.54 Å². The van der Waals surface area contributed by atoms with Crippen molar-refractivity contribution in [3.05, 3.63) is 40.4 Å². The first-order chi connectivity index (χ1) is 9.65. The number of hydrogen-bond donors (Lipinski definition) is 1. The number of nitro groups is 1. The molecule has 3 aromatic heterocycles. The number of aromatic nitrogens is 4. The second-order valence-electron chi connectivity index (χ2n) is 4.40. The predicted octanol–water partition coefficient (Wildman–Crippen LogP) is 2.00. The van der Waals surface area contributed by atoms with Crippen molar-refractivity contribution in [3.63, 3.8) is 0 Å². The largest absolute Gasteiger partial charge is 0.372 e. The van der Waals surface area contributed by atoms with E-state index in [0.29, 0.717) is 17.3 Å². The Balaban J connectivity index is 1.84. The van der Waals surface area contributed by atoms with Gasteiger partial charge in [-0.2, -0.15) is 9.38 Å². The maximum atomic E-state index is 11.2. The fourth-order valence-corrected chi connectivity index (χ4v) is 2.74. The highest BCUT2D eigenvalue weighted by atomic mass is 32.1.